The molecule has 1 aromatic carbocycles. The van der Waals surface area contributed by atoms with Crippen LogP contribution in [-0.4, -0.2) is 37.0 Å². The van der Waals surface area contributed by atoms with Crippen molar-refractivity contribution >= 4 is 17.6 Å². The molecule has 22 heavy (non-hydrogen) atoms. The Hall–Kier alpha value is -2.30. The van der Waals surface area contributed by atoms with Crippen LogP contribution in [0.4, 0.5) is 5.69 Å². The second-order valence-corrected chi connectivity index (χ2v) is 5.58. The average Bonchev–Trinajstić information content (AvgIpc) is 2.85. The molecule has 0 fully saturated rings. The van der Waals surface area contributed by atoms with Gasteiger partial charge in [0.25, 0.3) is 5.91 Å². The first kappa shape index (κ1) is 14.6. The predicted molar refractivity (Wildman–Crippen MR) is 83.3 cm³/mol. The number of para-hydroxylation sites is 1. The molecule has 0 aromatic heterocycles. The minimum absolute atomic E-state index is 0.0126. The maximum absolute atomic E-state index is 12.7. The SMILES string of the molecule is CCN1CCC2C(=C(CC(=O)OC)C1=O)Nc1ccccc12. The van der Waals surface area contributed by atoms with Gasteiger partial charge in [-0.15, -0.1) is 0 Å². The summed E-state index contributed by atoms with van der Waals surface area (Å²) < 4.78 is 4.76. The van der Waals surface area contributed by atoms with Crippen molar-refractivity contribution in [1.82, 2.24) is 4.90 Å². The second kappa shape index (κ2) is 5.83. The first-order chi connectivity index (χ1) is 10.7. The fourth-order valence-electron chi connectivity index (χ4n) is 3.27. The molecule has 2 aliphatic heterocycles. The number of hydrogen-bond acceptors (Lipinski definition) is 4. The van der Waals surface area contributed by atoms with Crippen LogP contribution in [0.15, 0.2) is 35.5 Å². The Kier molecular flexibility index (Phi) is 3.88. The van der Waals surface area contributed by atoms with E-state index < -0.39 is 0 Å². The normalized spacial score (nSPS) is 20.2. The van der Waals surface area contributed by atoms with Crippen LogP contribution in [0.3, 0.4) is 0 Å². The van der Waals surface area contributed by atoms with Gasteiger partial charge < -0.3 is 15.0 Å². The lowest BCUT2D eigenvalue weighted by molar-refractivity contribution is -0.141. The van der Waals surface area contributed by atoms with E-state index in [-0.39, 0.29) is 24.2 Å². The van der Waals surface area contributed by atoms with Gasteiger partial charge in [-0.3, -0.25) is 9.59 Å². The van der Waals surface area contributed by atoms with E-state index in [9.17, 15) is 9.59 Å². The standard InChI is InChI=1S/C17H20N2O3/c1-3-19-9-8-12-11-6-4-5-7-14(11)18-16(12)13(17(19)21)10-15(20)22-2/h4-7,12,18H,3,8-10H2,1-2H3. The average molecular weight is 300 g/mol. The number of nitrogens with zero attached hydrogens (tertiary/aromatic N) is 1. The zero-order valence-corrected chi connectivity index (χ0v) is 12.9. The molecule has 0 bridgehead atoms. The number of methoxy groups -OCH3 is 1. The minimum atomic E-state index is -0.384. The summed E-state index contributed by atoms with van der Waals surface area (Å²) in [5, 5.41) is 3.36. The van der Waals surface area contributed by atoms with Crippen LogP contribution in [0.5, 0.6) is 0 Å². The highest BCUT2D eigenvalue weighted by atomic mass is 16.5. The summed E-state index contributed by atoms with van der Waals surface area (Å²) in [6, 6.07) is 8.07. The van der Waals surface area contributed by atoms with Gasteiger partial charge in [0, 0.05) is 36.0 Å². The summed E-state index contributed by atoms with van der Waals surface area (Å²) in [7, 11) is 1.35. The largest absolute Gasteiger partial charge is 0.469 e. The minimum Gasteiger partial charge on any atom is -0.469 e. The Bertz CT molecular complexity index is 651. The molecule has 0 spiro atoms. The summed E-state index contributed by atoms with van der Waals surface area (Å²) in [6.45, 7) is 3.30. The van der Waals surface area contributed by atoms with Gasteiger partial charge in [-0.2, -0.15) is 0 Å². The van der Waals surface area contributed by atoms with Crippen molar-refractivity contribution in [3.05, 3.63) is 41.1 Å². The molecule has 2 aliphatic rings. The lowest BCUT2D eigenvalue weighted by Gasteiger charge is -2.20. The van der Waals surface area contributed by atoms with Crippen LogP contribution in [-0.2, 0) is 14.3 Å². The molecular weight excluding hydrogens is 280 g/mol. The van der Waals surface area contributed by atoms with E-state index in [0.717, 1.165) is 17.8 Å². The number of anilines is 1. The van der Waals surface area contributed by atoms with E-state index >= 15 is 0 Å². The van der Waals surface area contributed by atoms with Crippen molar-refractivity contribution in [2.75, 3.05) is 25.5 Å². The molecule has 5 nitrogen and oxygen atoms in total. The number of benzene rings is 1. The van der Waals surface area contributed by atoms with Gasteiger partial charge in [-0.25, -0.2) is 0 Å². The Morgan fingerprint density at radius 2 is 2.18 bits per heavy atom. The molecule has 3 rings (SSSR count). The third-order valence-electron chi connectivity index (χ3n) is 4.44. The van der Waals surface area contributed by atoms with Crippen molar-refractivity contribution < 1.29 is 14.3 Å². The smallest absolute Gasteiger partial charge is 0.310 e. The zero-order valence-electron chi connectivity index (χ0n) is 12.9. The van der Waals surface area contributed by atoms with E-state index in [0.29, 0.717) is 18.7 Å². The highest BCUT2D eigenvalue weighted by Crippen LogP contribution is 2.43. The van der Waals surface area contributed by atoms with Crippen LogP contribution in [0.2, 0.25) is 0 Å². The number of hydrogen-bond donors (Lipinski definition) is 1. The number of fused-ring (bicyclic) bond motifs is 3. The number of amides is 1. The molecule has 116 valence electrons. The Morgan fingerprint density at radius 3 is 2.91 bits per heavy atom. The van der Waals surface area contributed by atoms with Gasteiger partial charge in [0.15, 0.2) is 0 Å². The van der Waals surface area contributed by atoms with E-state index in [1.165, 1.54) is 12.7 Å². The number of nitrogens with one attached hydrogen (secondary N) is 1. The monoisotopic (exact) mass is 300 g/mol. The summed E-state index contributed by atoms with van der Waals surface area (Å²) >= 11 is 0. The fraction of sp³-hybridized carbons (Fsp3) is 0.412. The van der Waals surface area contributed by atoms with Crippen molar-refractivity contribution in [1.29, 1.82) is 0 Å². The maximum atomic E-state index is 12.7. The second-order valence-electron chi connectivity index (χ2n) is 5.58. The number of carbonyl (C=O) groups excluding carboxylic acids is 2. The van der Waals surface area contributed by atoms with Gasteiger partial charge in [0.05, 0.1) is 13.5 Å². The highest BCUT2D eigenvalue weighted by molar-refractivity contribution is 6.00. The molecule has 0 radical (unpaired) electrons. The summed E-state index contributed by atoms with van der Waals surface area (Å²) in [5.74, 6) is -0.299. The van der Waals surface area contributed by atoms with Gasteiger partial charge in [0.2, 0.25) is 0 Å². The Morgan fingerprint density at radius 1 is 1.41 bits per heavy atom. The van der Waals surface area contributed by atoms with Crippen LogP contribution in [0.25, 0.3) is 0 Å². The lowest BCUT2D eigenvalue weighted by Crippen LogP contribution is -2.32. The molecule has 1 amide bonds. The first-order valence-electron chi connectivity index (χ1n) is 7.60. The van der Waals surface area contributed by atoms with Gasteiger partial charge in [0.1, 0.15) is 0 Å². The Balaban J connectivity index is 2.06. The molecule has 0 saturated carbocycles. The van der Waals surface area contributed by atoms with Gasteiger partial charge in [-0.05, 0) is 25.0 Å². The molecule has 1 N–H and O–H groups in total. The Labute approximate surface area is 129 Å². The molecule has 5 heteroatoms. The molecule has 2 heterocycles. The van der Waals surface area contributed by atoms with Crippen LogP contribution in [0, 0.1) is 0 Å². The zero-order chi connectivity index (χ0) is 15.7. The maximum Gasteiger partial charge on any atom is 0.310 e. The van der Waals surface area contributed by atoms with E-state index in [2.05, 4.69) is 11.4 Å². The quantitative estimate of drug-likeness (QED) is 0.870. The lowest BCUT2D eigenvalue weighted by atomic mass is 9.93. The first-order valence-corrected chi connectivity index (χ1v) is 7.60. The molecule has 1 aromatic rings. The topological polar surface area (TPSA) is 58.6 Å². The summed E-state index contributed by atoms with van der Waals surface area (Å²) in [5.41, 5.74) is 3.63. The molecular formula is C17H20N2O3. The van der Waals surface area contributed by atoms with Gasteiger partial charge in [-0.1, -0.05) is 18.2 Å². The van der Waals surface area contributed by atoms with E-state index in [1.54, 1.807) is 4.90 Å². The van der Waals surface area contributed by atoms with E-state index in [1.807, 2.05) is 25.1 Å². The number of ether oxygens (including phenoxy) is 1. The molecule has 0 aliphatic carbocycles. The number of carbonyl (C=O) groups is 2. The third kappa shape index (κ3) is 2.36. The molecule has 1 unspecified atom stereocenters. The number of esters is 1. The van der Waals surface area contributed by atoms with E-state index in [4.69, 9.17) is 4.74 Å². The van der Waals surface area contributed by atoms with Crippen LogP contribution >= 0.6 is 0 Å². The third-order valence-corrected chi connectivity index (χ3v) is 4.44. The number of allylic oxidation sites excluding steroid dienone is 1. The molecule has 1 atom stereocenters. The fourth-order valence-corrected chi connectivity index (χ4v) is 3.27. The van der Waals surface area contributed by atoms with Crippen molar-refractivity contribution in [3.8, 4) is 0 Å². The van der Waals surface area contributed by atoms with Crippen LogP contribution < -0.4 is 5.32 Å². The summed E-state index contributed by atoms with van der Waals surface area (Å²) in [6.07, 6.45) is 0.877. The highest BCUT2D eigenvalue weighted by Gasteiger charge is 2.36. The van der Waals surface area contributed by atoms with Crippen molar-refractivity contribution in [3.63, 3.8) is 0 Å². The van der Waals surface area contributed by atoms with Gasteiger partial charge >= 0.3 is 5.97 Å². The summed E-state index contributed by atoms with van der Waals surface area (Å²) in [4.78, 5) is 26.3. The number of likely N-dealkylation sites (N-methyl/N-ethyl adjacent to an activating group) is 1. The van der Waals surface area contributed by atoms with Crippen molar-refractivity contribution in [2.24, 2.45) is 0 Å². The molecule has 0 saturated heterocycles. The number of rotatable bonds is 3. The predicted octanol–water partition coefficient (Wildman–Crippen LogP) is 2.27. The van der Waals surface area contributed by atoms with Crippen molar-refractivity contribution in [2.45, 2.75) is 25.7 Å². The van der Waals surface area contributed by atoms with Crippen LogP contribution in [0.1, 0.15) is 31.2 Å².